The van der Waals surface area contributed by atoms with Gasteiger partial charge < -0.3 is 9.67 Å². The van der Waals surface area contributed by atoms with Gasteiger partial charge in [0.25, 0.3) is 0 Å². The summed E-state index contributed by atoms with van der Waals surface area (Å²) in [4.78, 5) is 4.18. The minimum Gasteiger partial charge on any atom is -0.396 e. The van der Waals surface area contributed by atoms with Crippen LogP contribution in [0.25, 0.3) is 0 Å². The first-order valence-electron chi connectivity index (χ1n) is 6.47. The van der Waals surface area contributed by atoms with Crippen LogP contribution in [-0.2, 0) is 0 Å². The SMILES string of the molecule is Cc1nccn1C(CCCO)c1ccc(C#N)c(F)c1. The lowest BCUT2D eigenvalue weighted by Crippen LogP contribution is -2.12. The third-order valence-electron chi connectivity index (χ3n) is 3.33. The fourth-order valence-electron chi connectivity index (χ4n) is 2.30. The first-order chi connectivity index (χ1) is 9.67. The standard InChI is InChI=1S/C15H16FN3O/c1-11-18-6-7-19(11)15(3-2-8-20)12-4-5-13(10-17)14(16)9-12/h4-7,9,15,20H,2-3,8H2,1H3. The van der Waals surface area contributed by atoms with Gasteiger partial charge in [0.05, 0.1) is 11.6 Å². The maximum Gasteiger partial charge on any atom is 0.141 e. The van der Waals surface area contributed by atoms with Crippen LogP contribution in [0, 0.1) is 24.1 Å². The summed E-state index contributed by atoms with van der Waals surface area (Å²) in [6.45, 7) is 1.97. The normalized spacial score (nSPS) is 12.1. The number of aliphatic hydroxyl groups excluding tert-OH is 1. The van der Waals surface area contributed by atoms with Gasteiger partial charge in [0.1, 0.15) is 17.7 Å². The lowest BCUT2D eigenvalue weighted by atomic mass is 10.00. The molecule has 1 aromatic carbocycles. The number of nitrogens with zero attached hydrogens (tertiary/aromatic N) is 3. The summed E-state index contributed by atoms with van der Waals surface area (Å²) in [7, 11) is 0. The van der Waals surface area contributed by atoms with E-state index in [2.05, 4.69) is 4.98 Å². The molecule has 0 saturated heterocycles. The van der Waals surface area contributed by atoms with Gasteiger partial charge in [0, 0.05) is 19.0 Å². The van der Waals surface area contributed by atoms with Crippen LogP contribution in [0.2, 0.25) is 0 Å². The third-order valence-corrected chi connectivity index (χ3v) is 3.33. The summed E-state index contributed by atoms with van der Waals surface area (Å²) >= 11 is 0. The fourth-order valence-corrected chi connectivity index (χ4v) is 2.30. The molecule has 0 saturated carbocycles. The second-order valence-corrected chi connectivity index (χ2v) is 4.61. The summed E-state index contributed by atoms with van der Waals surface area (Å²) in [5.41, 5.74) is 0.813. The number of hydrogen-bond acceptors (Lipinski definition) is 3. The molecule has 1 heterocycles. The van der Waals surface area contributed by atoms with E-state index in [4.69, 9.17) is 10.4 Å². The zero-order chi connectivity index (χ0) is 14.5. The molecule has 0 aliphatic rings. The van der Waals surface area contributed by atoms with Crippen molar-refractivity contribution in [2.75, 3.05) is 6.61 Å². The van der Waals surface area contributed by atoms with Gasteiger partial charge in [-0.3, -0.25) is 0 Å². The highest BCUT2D eigenvalue weighted by molar-refractivity contribution is 5.35. The van der Waals surface area contributed by atoms with Crippen LogP contribution in [0.15, 0.2) is 30.6 Å². The molecule has 1 aromatic heterocycles. The van der Waals surface area contributed by atoms with Gasteiger partial charge >= 0.3 is 0 Å². The Morgan fingerprint density at radius 3 is 2.85 bits per heavy atom. The van der Waals surface area contributed by atoms with Crippen LogP contribution < -0.4 is 0 Å². The van der Waals surface area contributed by atoms with Crippen molar-refractivity contribution in [2.24, 2.45) is 0 Å². The summed E-state index contributed by atoms with van der Waals surface area (Å²) < 4.78 is 15.7. The van der Waals surface area contributed by atoms with Crippen LogP contribution >= 0.6 is 0 Å². The Kier molecular flexibility index (Phi) is 4.49. The molecule has 1 N–H and O–H groups in total. The van der Waals surface area contributed by atoms with Crippen molar-refractivity contribution in [2.45, 2.75) is 25.8 Å². The molecule has 104 valence electrons. The monoisotopic (exact) mass is 273 g/mol. The lowest BCUT2D eigenvalue weighted by molar-refractivity contribution is 0.276. The van der Waals surface area contributed by atoms with Crippen LogP contribution in [0.4, 0.5) is 4.39 Å². The third kappa shape index (κ3) is 2.86. The molecule has 1 atom stereocenters. The Morgan fingerprint density at radius 2 is 2.30 bits per heavy atom. The molecule has 0 fully saturated rings. The van der Waals surface area contributed by atoms with Gasteiger partial charge in [-0.15, -0.1) is 0 Å². The Bertz CT molecular complexity index is 630. The van der Waals surface area contributed by atoms with Crippen LogP contribution in [-0.4, -0.2) is 21.3 Å². The number of aliphatic hydroxyl groups is 1. The van der Waals surface area contributed by atoms with E-state index in [0.717, 1.165) is 11.4 Å². The zero-order valence-electron chi connectivity index (χ0n) is 11.3. The molecule has 2 aromatic rings. The highest BCUT2D eigenvalue weighted by Gasteiger charge is 2.16. The van der Waals surface area contributed by atoms with E-state index in [9.17, 15) is 4.39 Å². The van der Waals surface area contributed by atoms with Crippen molar-refractivity contribution in [3.05, 3.63) is 53.4 Å². The number of imidazole rings is 1. The van der Waals surface area contributed by atoms with Gasteiger partial charge in [-0.2, -0.15) is 5.26 Å². The van der Waals surface area contributed by atoms with Gasteiger partial charge in [0.2, 0.25) is 0 Å². The molecule has 2 rings (SSSR count). The molecule has 0 bridgehead atoms. The van der Waals surface area contributed by atoms with E-state index in [-0.39, 0.29) is 18.2 Å². The smallest absolute Gasteiger partial charge is 0.141 e. The topological polar surface area (TPSA) is 61.8 Å². The van der Waals surface area contributed by atoms with Crippen LogP contribution in [0.1, 0.15) is 35.8 Å². The largest absolute Gasteiger partial charge is 0.396 e. The molecule has 0 radical (unpaired) electrons. The van der Waals surface area contributed by atoms with E-state index >= 15 is 0 Å². The van der Waals surface area contributed by atoms with Crippen LogP contribution in [0.5, 0.6) is 0 Å². The molecule has 20 heavy (non-hydrogen) atoms. The van der Waals surface area contributed by atoms with E-state index in [1.807, 2.05) is 23.8 Å². The molecule has 5 heteroatoms. The van der Waals surface area contributed by atoms with Crippen molar-refractivity contribution in [1.29, 1.82) is 5.26 Å². The minimum atomic E-state index is -0.517. The first kappa shape index (κ1) is 14.2. The molecule has 0 spiro atoms. The maximum atomic E-state index is 13.8. The van der Waals surface area contributed by atoms with E-state index < -0.39 is 5.82 Å². The first-order valence-corrected chi connectivity index (χ1v) is 6.47. The van der Waals surface area contributed by atoms with Crippen molar-refractivity contribution < 1.29 is 9.50 Å². The molecule has 0 amide bonds. The average Bonchev–Trinajstić information content (AvgIpc) is 2.86. The average molecular weight is 273 g/mol. The summed E-state index contributed by atoms with van der Waals surface area (Å²) in [5.74, 6) is 0.314. The number of hydrogen-bond donors (Lipinski definition) is 1. The fraction of sp³-hybridized carbons (Fsp3) is 0.333. The molecule has 1 unspecified atom stereocenters. The number of rotatable bonds is 5. The molecule has 0 aliphatic carbocycles. The Labute approximate surface area is 117 Å². The number of aryl methyl sites for hydroxylation is 1. The summed E-state index contributed by atoms with van der Waals surface area (Å²) in [6.07, 6.45) is 4.83. The summed E-state index contributed by atoms with van der Waals surface area (Å²) in [5, 5.41) is 17.8. The van der Waals surface area contributed by atoms with E-state index in [0.29, 0.717) is 12.8 Å². The van der Waals surface area contributed by atoms with Crippen molar-refractivity contribution >= 4 is 0 Å². The number of aromatic nitrogens is 2. The molecule has 0 aliphatic heterocycles. The van der Waals surface area contributed by atoms with Crippen molar-refractivity contribution in [3.8, 4) is 6.07 Å². The Hall–Kier alpha value is -2.19. The second-order valence-electron chi connectivity index (χ2n) is 4.61. The predicted octanol–water partition coefficient (Wildman–Crippen LogP) is 2.56. The Morgan fingerprint density at radius 1 is 1.50 bits per heavy atom. The maximum absolute atomic E-state index is 13.8. The quantitative estimate of drug-likeness (QED) is 0.910. The second kappa shape index (κ2) is 6.31. The van der Waals surface area contributed by atoms with Crippen molar-refractivity contribution in [1.82, 2.24) is 9.55 Å². The molecule has 4 nitrogen and oxygen atoms in total. The van der Waals surface area contributed by atoms with E-state index in [1.165, 1.54) is 12.1 Å². The highest BCUT2D eigenvalue weighted by atomic mass is 19.1. The molecular weight excluding hydrogens is 257 g/mol. The zero-order valence-corrected chi connectivity index (χ0v) is 11.3. The minimum absolute atomic E-state index is 0.0389. The Balaban J connectivity index is 2.39. The highest BCUT2D eigenvalue weighted by Crippen LogP contribution is 2.26. The predicted molar refractivity (Wildman–Crippen MR) is 72.5 cm³/mol. The number of halogens is 1. The van der Waals surface area contributed by atoms with Crippen LogP contribution in [0.3, 0.4) is 0 Å². The lowest BCUT2D eigenvalue weighted by Gasteiger charge is -2.20. The van der Waals surface area contributed by atoms with Gasteiger partial charge in [-0.1, -0.05) is 6.07 Å². The van der Waals surface area contributed by atoms with Gasteiger partial charge in [-0.05, 0) is 37.5 Å². The van der Waals surface area contributed by atoms with E-state index in [1.54, 1.807) is 12.3 Å². The molecular formula is C15H16FN3O. The summed E-state index contributed by atoms with van der Waals surface area (Å²) in [6, 6.07) is 6.36. The van der Waals surface area contributed by atoms with Gasteiger partial charge in [-0.25, -0.2) is 9.37 Å². The van der Waals surface area contributed by atoms with Crippen molar-refractivity contribution in [3.63, 3.8) is 0 Å². The number of nitriles is 1. The number of benzene rings is 1. The van der Waals surface area contributed by atoms with Gasteiger partial charge in [0.15, 0.2) is 0 Å².